The molecule has 1 atom stereocenters. The summed E-state index contributed by atoms with van der Waals surface area (Å²) in [5, 5.41) is 22.2. The molecule has 4 aromatic rings. The summed E-state index contributed by atoms with van der Waals surface area (Å²) in [4.78, 5) is 21.5. The van der Waals surface area contributed by atoms with Gasteiger partial charge in [-0.25, -0.2) is 9.97 Å². The van der Waals surface area contributed by atoms with E-state index < -0.39 is 11.9 Å². The first-order valence-electron chi connectivity index (χ1n) is 9.06. The molecule has 1 heterocycles. The third-order valence-corrected chi connectivity index (χ3v) is 5.48. The van der Waals surface area contributed by atoms with Gasteiger partial charge in [-0.3, -0.25) is 4.79 Å². The number of rotatable bonds is 6. The maximum absolute atomic E-state index is 12.7. The van der Waals surface area contributed by atoms with E-state index in [0.29, 0.717) is 27.4 Å². The fraction of sp³-hybridized carbons (Fsp3) is 0.0870. The topological polar surface area (TPSA) is 83.3 Å². The van der Waals surface area contributed by atoms with Gasteiger partial charge >= 0.3 is 0 Å². The van der Waals surface area contributed by atoms with Crippen LogP contribution in [0.15, 0.2) is 84.1 Å². The zero-order valence-corrected chi connectivity index (χ0v) is 16.2. The molecular formula is C23H18N2O3S. The van der Waals surface area contributed by atoms with E-state index in [-0.39, 0.29) is 11.3 Å². The van der Waals surface area contributed by atoms with Gasteiger partial charge in [0.05, 0.1) is 5.56 Å². The third kappa shape index (κ3) is 4.13. The summed E-state index contributed by atoms with van der Waals surface area (Å²) in [6.07, 6.45) is 0.269. The van der Waals surface area contributed by atoms with Gasteiger partial charge < -0.3 is 10.2 Å². The molecule has 0 aliphatic heterocycles. The number of hydrogen-bond acceptors (Lipinski definition) is 6. The summed E-state index contributed by atoms with van der Waals surface area (Å²) in [7, 11) is 0. The van der Waals surface area contributed by atoms with Crippen molar-refractivity contribution in [3.8, 4) is 5.75 Å². The number of aliphatic hydroxyl groups is 1. The minimum Gasteiger partial charge on any atom is -0.505 e. The highest BCUT2D eigenvalue weighted by Gasteiger charge is 2.23. The summed E-state index contributed by atoms with van der Waals surface area (Å²) in [5.41, 5.74) is 1.94. The highest BCUT2D eigenvalue weighted by Crippen LogP contribution is 2.32. The normalized spacial score (nSPS) is 12.0. The lowest BCUT2D eigenvalue weighted by molar-refractivity contribution is 0.0745. The molecule has 0 aliphatic rings. The van der Waals surface area contributed by atoms with E-state index in [0.717, 1.165) is 5.56 Å². The van der Waals surface area contributed by atoms with Crippen LogP contribution in [0, 0.1) is 0 Å². The number of aromatic hydroxyl groups is 1. The molecule has 0 aliphatic carbocycles. The number of carbonyl (C=O) groups excluding carboxylic acids is 1. The van der Waals surface area contributed by atoms with Crippen molar-refractivity contribution in [2.75, 3.05) is 0 Å². The maximum Gasteiger partial charge on any atom is 0.199 e. The number of phenolic OH excluding ortho intramolecular Hbond substituents is 1. The van der Waals surface area contributed by atoms with E-state index >= 15 is 0 Å². The molecule has 0 radical (unpaired) electrons. The lowest BCUT2D eigenvalue weighted by atomic mass is 9.98. The molecule has 29 heavy (non-hydrogen) atoms. The Labute approximate surface area is 172 Å². The van der Waals surface area contributed by atoms with Crippen LogP contribution in [0.2, 0.25) is 0 Å². The van der Waals surface area contributed by atoms with Crippen LogP contribution in [0.4, 0.5) is 0 Å². The van der Waals surface area contributed by atoms with Gasteiger partial charge in [-0.15, -0.1) is 0 Å². The SMILES string of the molecule is O=C(c1ccc2cnc(SCc3ccccc3)nc2c1O)C(O)c1ccccc1. The largest absolute Gasteiger partial charge is 0.505 e. The van der Waals surface area contributed by atoms with Crippen molar-refractivity contribution in [2.24, 2.45) is 0 Å². The Morgan fingerprint density at radius 3 is 2.38 bits per heavy atom. The number of fused-ring (bicyclic) bond motifs is 1. The molecular weight excluding hydrogens is 384 g/mol. The third-order valence-electron chi connectivity index (χ3n) is 4.54. The molecule has 0 bridgehead atoms. The van der Waals surface area contributed by atoms with E-state index in [1.807, 2.05) is 30.3 Å². The standard InChI is InChI=1S/C23H18N2O3S/c26-20(16-9-5-2-6-10-16)22(28)18-12-11-17-13-24-23(25-19(17)21(18)27)29-14-15-7-3-1-4-8-15/h1-13,20,26-27H,14H2. The number of phenols is 1. The first-order chi connectivity index (χ1) is 14.1. The number of Topliss-reactive ketones (excluding diaryl/α,β-unsaturated/α-hetero) is 1. The van der Waals surface area contributed by atoms with Gasteiger partial charge in [-0.2, -0.15) is 0 Å². The Hall–Kier alpha value is -3.22. The van der Waals surface area contributed by atoms with Crippen LogP contribution < -0.4 is 0 Å². The van der Waals surface area contributed by atoms with Gasteiger partial charge in [0.25, 0.3) is 0 Å². The molecule has 1 aromatic heterocycles. The molecule has 0 saturated carbocycles. The molecule has 3 aromatic carbocycles. The predicted molar refractivity (Wildman–Crippen MR) is 113 cm³/mol. The van der Waals surface area contributed by atoms with Gasteiger partial charge in [-0.1, -0.05) is 78.5 Å². The quantitative estimate of drug-likeness (QED) is 0.280. The summed E-state index contributed by atoms with van der Waals surface area (Å²) in [6.45, 7) is 0. The number of benzene rings is 3. The van der Waals surface area contributed by atoms with Gasteiger partial charge in [0.1, 0.15) is 11.6 Å². The zero-order valence-electron chi connectivity index (χ0n) is 15.4. The number of aliphatic hydroxyl groups excluding tert-OH is 1. The van der Waals surface area contributed by atoms with Crippen molar-refractivity contribution in [3.63, 3.8) is 0 Å². The molecule has 144 valence electrons. The van der Waals surface area contributed by atoms with Gasteiger partial charge in [0, 0.05) is 17.3 Å². The van der Waals surface area contributed by atoms with Crippen LogP contribution in [0.1, 0.15) is 27.6 Å². The smallest absolute Gasteiger partial charge is 0.199 e. The fourth-order valence-electron chi connectivity index (χ4n) is 2.99. The Bertz CT molecular complexity index is 1150. The molecule has 1 unspecified atom stereocenters. The second kappa shape index (κ2) is 8.43. The molecule has 0 fully saturated rings. The van der Waals surface area contributed by atoms with E-state index in [1.165, 1.54) is 17.8 Å². The van der Waals surface area contributed by atoms with E-state index in [1.54, 1.807) is 42.6 Å². The maximum atomic E-state index is 12.7. The number of thioether (sulfide) groups is 1. The minimum absolute atomic E-state index is 0.0339. The number of ketones is 1. The molecule has 6 heteroatoms. The van der Waals surface area contributed by atoms with Crippen molar-refractivity contribution in [3.05, 3.63) is 95.7 Å². The Morgan fingerprint density at radius 1 is 0.966 bits per heavy atom. The van der Waals surface area contributed by atoms with E-state index in [9.17, 15) is 15.0 Å². The Morgan fingerprint density at radius 2 is 1.66 bits per heavy atom. The first-order valence-corrected chi connectivity index (χ1v) is 10.0. The van der Waals surface area contributed by atoms with Crippen LogP contribution in [-0.2, 0) is 5.75 Å². The number of carbonyl (C=O) groups is 1. The lowest BCUT2D eigenvalue weighted by Crippen LogP contribution is -2.12. The van der Waals surface area contributed by atoms with Crippen molar-refractivity contribution in [1.82, 2.24) is 9.97 Å². The van der Waals surface area contributed by atoms with Crippen molar-refractivity contribution in [2.45, 2.75) is 17.0 Å². The van der Waals surface area contributed by atoms with Crippen molar-refractivity contribution in [1.29, 1.82) is 0 Å². The second-order valence-electron chi connectivity index (χ2n) is 6.50. The summed E-state index contributed by atoms with van der Waals surface area (Å²) in [5.74, 6) is -0.127. The molecule has 4 rings (SSSR count). The second-order valence-corrected chi connectivity index (χ2v) is 7.45. The first kappa shape index (κ1) is 19.1. The van der Waals surface area contributed by atoms with Crippen LogP contribution >= 0.6 is 11.8 Å². The summed E-state index contributed by atoms with van der Waals surface area (Å²) < 4.78 is 0. The van der Waals surface area contributed by atoms with Crippen LogP contribution in [-0.4, -0.2) is 26.0 Å². The van der Waals surface area contributed by atoms with Gasteiger partial charge in [-0.05, 0) is 17.2 Å². The number of nitrogens with zero attached hydrogens (tertiary/aromatic N) is 2. The van der Waals surface area contributed by atoms with Crippen LogP contribution in [0.3, 0.4) is 0 Å². The van der Waals surface area contributed by atoms with Crippen LogP contribution in [0.25, 0.3) is 10.9 Å². The molecule has 2 N–H and O–H groups in total. The zero-order chi connectivity index (χ0) is 20.2. The fourth-order valence-corrected chi connectivity index (χ4v) is 3.76. The highest BCUT2D eigenvalue weighted by molar-refractivity contribution is 7.98. The molecule has 0 amide bonds. The number of hydrogen-bond donors (Lipinski definition) is 2. The van der Waals surface area contributed by atoms with Crippen LogP contribution in [0.5, 0.6) is 5.75 Å². The lowest BCUT2D eigenvalue weighted by Gasteiger charge is -2.12. The minimum atomic E-state index is -1.35. The van der Waals surface area contributed by atoms with Gasteiger partial charge in [0.15, 0.2) is 16.7 Å². The van der Waals surface area contributed by atoms with E-state index in [4.69, 9.17) is 0 Å². The predicted octanol–water partition coefficient (Wildman–Crippen LogP) is 4.54. The Balaban J connectivity index is 1.62. The summed E-state index contributed by atoms with van der Waals surface area (Å²) >= 11 is 1.45. The highest BCUT2D eigenvalue weighted by atomic mass is 32.2. The Kier molecular flexibility index (Phi) is 5.55. The average Bonchev–Trinajstić information content (AvgIpc) is 2.78. The summed E-state index contributed by atoms with van der Waals surface area (Å²) in [6, 6.07) is 21.7. The average molecular weight is 402 g/mol. The molecule has 0 saturated heterocycles. The van der Waals surface area contributed by atoms with Crippen molar-refractivity contribution < 1.29 is 15.0 Å². The van der Waals surface area contributed by atoms with E-state index in [2.05, 4.69) is 9.97 Å². The van der Waals surface area contributed by atoms with Crippen molar-refractivity contribution >= 4 is 28.4 Å². The number of aromatic nitrogens is 2. The monoisotopic (exact) mass is 402 g/mol. The molecule has 0 spiro atoms. The molecule has 5 nitrogen and oxygen atoms in total. The van der Waals surface area contributed by atoms with Gasteiger partial charge in [0.2, 0.25) is 0 Å².